The Balaban J connectivity index is 1.48. The summed E-state index contributed by atoms with van der Waals surface area (Å²) in [5.74, 6) is 1.11. The second-order valence-electron chi connectivity index (χ2n) is 7.44. The molecule has 1 saturated heterocycles. The van der Waals surface area contributed by atoms with Gasteiger partial charge in [-0.05, 0) is 29.5 Å². The van der Waals surface area contributed by atoms with Crippen LogP contribution < -0.4 is 10.1 Å². The number of halogens is 3. The van der Waals surface area contributed by atoms with Gasteiger partial charge in [0.25, 0.3) is 0 Å². The Morgan fingerprint density at radius 3 is 2.79 bits per heavy atom. The van der Waals surface area contributed by atoms with Crippen molar-refractivity contribution in [3.63, 3.8) is 0 Å². The molecule has 0 amide bonds. The van der Waals surface area contributed by atoms with Gasteiger partial charge in [-0.2, -0.15) is 0 Å². The SMILES string of the molecule is C[C@@H]1[C@H](C)CO[C@H]1C1C=Nc2c(NCc3cccc(OC(F)(F)F)c3)ncnc21. The zero-order valence-corrected chi connectivity index (χ0v) is 16.0. The predicted molar refractivity (Wildman–Crippen MR) is 101 cm³/mol. The van der Waals surface area contributed by atoms with Crippen molar-refractivity contribution in [3.8, 4) is 5.75 Å². The molecule has 2 aliphatic rings. The Morgan fingerprint density at radius 1 is 1.24 bits per heavy atom. The summed E-state index contributed by atoms with van der Waals surface area (Å²) in [7, 11) is 0. The highest BCUT2D eigenvalue weighted by Crippen LogP contribution is 2.42. The van der Waals surface area contributed by atoms with Crippen LogP contribution in [0.4, 0.5) is 24.7 Å². The highest BCUT2D eigenvalue weighted by Gasteiger charge is 2.40. The van der Waals surface area contributed by atoms with Gasteiger partial charge in [-0.25, -0.2) is 9.97 Å². The first kappa shape index (κ1) is 19.6. The lowest BCUT2D eigenvalue weighted by molar-refractivity contribution is -0.274. The molecule has 1 fully saturated rings. The first-order chi connectivity index (χ1) is 13.8. The Labute approximate surface area is 166 Å². The van der Waals surface area contributed by atoms with Crippen molar-refractivity contribution in [3.05, 3.63) is 41.9 Å². The van der Waals surface area contributed by atoms with Crippen molar-refractivity contribution in [1.82, 2.24) is 9.97 Å². The number of aromatic nitrogens is 2. The maximum absolute atomic E-state index is 12.4. The van der Waals surface area contributed by atoms with Gasteiger partial charge >= 0.3 is 6.36 Å². The Kier molecular flexibility index (Phi) is 5.16. The number of rotatable bonds is 5. The number of fused-ring (bicyclic) bond motifs is 1. The fraction of sp³-hybridized carbons (Fsp3) is 0.450. The van der Waals surface area contributed by atoms with E-state index in [4.69, 9.17) is 4.74 Å². The van der Waals surface area contributed by atoms with E-state index in [9.17, 15) is 13.2 Å². The lowest BCUT2D eigenvalue weighted by Crippen LogP contribution is -2.25. The van der Waals surface area contributed by atoms with Gasteiger partial charge < -0.3 is 14.8 Å². The van der Waals surface area contributed by atoms with Crippen LogP contribution in [0.2, 0.25) is 0 Å². The van der Waals surface area contributed by atoms with Crippen LogP contribution in [0.15, 0.2) is 35.6 Å². The van der Waals surface area contributed by atoms with E-state index in [0.717, 1.165) is 12.3 Å². The lowest BCUT2D eigenvalue weighted by atomic mass is 9.86. The maximum atomic E-state index is 12.4. The average Bonchev–Trinajstić information content (AvgIpc) is 3.23. The van der Waals surface area contributed by atoms with Crippen molar-refractivity contribution in [2.45, 2.75) is 38.8 Å². The van der Waals surface area contributed by atoms with Crippen molar-refractivity contribution >= 4 is 17.7 Å². The molecule has 1 aromatic heterocycles. The number of nitrogens with one attached hydrogen (secondary N) is 1. The summed E-state index contributed by atoms with van der Waals surface area (Å²) in [6.07, 6.45) is -1.38. The van der Waals surface area contributed by atoms with E-state index in [-0.39, 0.29) is 24.3 Å². The summed E-state index contributed by atoms with van der Waals surface area (Å²) < 4.78 is 47.2. The molecule has 4 atom stereocenters. The number of benzene rings is 1. The molecule has 3 heterocycles. The molecule has 29 heavy (non-hydrogen) atoms. The van der Waals surface area contributed by atoms with Gasteiger partial charge in [-0.15, -0.1) is 13.2 Å². The second kappa shape index (κ2) is 7.62. The van der Waals surface area contributed by atoms with Gasteiger partial charge in [0.2, 0.25) is 0 Å². The summed E-state index contributed by atoms with van der Waals surface area (Å²) in [5, 5.41) is 3.14. The van der Waals surface area contributed by atoms with Crippen LogP contribution in [0.25, 0.3) is 0 Å². The van der Waals surface area contributed by atoms with Crippen LogP contribution in [0, 0.1) is 11.8 Å². The Bertz CT molecular complexity index is 919. The molecule has 1 unspecified atom stereocenters. The van der Waals surface area contributed by atoms with Gasteiger partial charge in [-0.3, -0.25) is 4.99 Å². The van der Waals surface area contributed by atoms with Gasteiger partial charge in [0.05, 0.1) is 17.7 Å². The molecule has 154 valence electrons. The molecule has 0 aliphatic carbocycles. The minimum atomic E-state index is -4.72. The number of hydrogen-bond acceptors (Lipinski definition) is 6. The van der Waals surface area contributed by atoms with Gasteiger partial charge in [0, 0.05) is 19.4 Å². The molecular formula is C20H21F3N4O2. The largest absolute Gasteiger partial charge is 0.573 e. The maximum Gasteiger partial charge on any atom is 0.573 e. The Morgan fingerprint density at radius 2 is 2.07 bits per heavy atom. The summed E-state index contributed by atoms with van der Waals surface area (Å²) in [4.78, 5) is 13.2. The molecule has 0 spiro atoms. The molecule has 0 saturated carbocycles. The third-order valence-corrected chi connectivity index (χ3v) is 5.44. The lowest BCUT2D eigenvalue weighted by Gasteiger charge is -2.21. The molecule has 2 aromatic rings. The van der Waals surface area contributed by atoms with Gasteiger partial charge in [-0.1, -0.05) is 26.0 Å². The summed E-state index contributed by atoms with van der Waals surface area (Å²) >= 11 is 0. The fourth-order valence-electron chi connectivity index (χ4n) is 3.72. The first-order valence-electron chi connectivity index (χ1n) is 9.41. The zero-order valence-electron chi connectivity index (χ0n) is 16.0. The van der Waals surface area contributed by atoms with Crippen LogP contribution in [-0.4, -0.2) is 35.3 Å². The fourth-order valence-corrected chi connectivity index (χ4v) is 3.72. The van der Waals surface area contributed by atoms with Gasteiger partial charge in [0.1, 0.15) is 17.8 Å². The molecule has 2 aliphatic heterocycles. The van der Waals surface area contributed by atoms with Crippen molar-refractivity contribution < 1.29 is 22.6 Å². The molecule has 1 aromatic carbocycles. The van der Waals surface area contributed by atoms with Crippen molar-refractivity contribution in [2.75, 3.05) is 11.9 Å². The molecular weight excluding hydrogens is 385 g/mol. The topological polar surface area (TPSA) is 68.6 Å². The number of hydrogen-bond donors (Lipinski definition) is 1. The molecule has 6 nitrogen and oxygen atoms in total. The van der Waals surface area contributed by atoms with Crippen LogP contribution >= 0.6 is 0 Å². The Hall–Kier alpha value is -2.68. The summed E-state index contributed by atoms with van der Waals surface area (Å²) in [6, 6.07) is 5.82. The third kappa shape index (κ3) is 4.19. The summed E-state index contributed by atoms with van der Waals surface area (Å²) in [5.41, 5.74) is 2.08. The monoisotopic (exact) mass is 406 g/mol. The zero-order chi connectivity index (χ0) is 20.6. The van der Waals surface area contributed by atoms with E-state index < -0.39 is 6.36 Å². The molecule has 9 heteroatoms. The van der Waals surface area contributed by atoms with Crippen molar-refractivity contribution in [2.24, 2.45) is 16.8 Å². The van der Waals surface area contributed by atoms with Crippen molar-refractivity contribution in [1.29, 1.82) is 0 Å². The third-order valence-electron chi connectivity index (χ3n) is 5.44. The standard InChI is InChI=1S/C20H21F3N4O2/c1-11-9-28-18(12(11)2)15-8-24-17-16(15)26-10-27-19(17)25-7-13-4-3-5-14(6-13)29-20(21,22)23/h3-6,8,10-12,15,18H,7,9H2,1-2H3,(H,25,26,27)/t11-,12-,15?,18-/m1/s1. The normalized spacial score (nSPS) is 25.8. The van der Waals surface area contributed by atoms with Crippen LogP contribution in [-0.2, 0) is 11.3 Å². The quantitative estimate of drug-likeness (QED) is 0.794. The minimum Gasteiger partial charge on any atom is -0.406 e. The van der Waals surface area contributed by atoms with E-state index in [2.05, 4.69) is 38.9 Å². The number of ether oxygens (including phenoxy) is 2. The number of anilines is 1. The molecule has 0 bridgehead atoms. The second-order valence-corrected chi connectivity index (χ2v) is 7.44. The predicted octanol–water partition coefficient (Wildman–Crippen LogP) is 4.46. The van der Waals surface area contributed by atoms with E-state index >= 15 is 0 Å². The van der Waals surface area contributed by atoms with E-state index in [1.807, 2.05) is 6.21 Å². The van der Waals surface area contributed by atoms with E-state index in [1.54, 1.807) is 6.07 Å². The molecule has 1 N–H and O–H groups in total. The van der Waals surface area contributed by atoms with Crippen LogP contribution in [0.1, 0.15) is 31.0 Å². The highest BCUT2D eigenvalue weighted by atomic mass is 19.4. The number of nitrogens with zero attached hydrogens (tertiary/aromatic N) is 3. The summed E-state index contributed by atoms with van der Waals surface area (Å²) in [6.45, 7) is 5.33. The molecule has 4 rings (SSSR count). The van der Waals surface area contributed by atoms with E-state index in [0.29, 0.717) is 28.9 Å². The highest BCUT2D eigenvalue weighted by molar-refractivity contribution is 5.84. The molecule has 0 radical (unpaired) electrons. The minimum absolute atomic E-state index is 0.0222. The van der Waals surface area contributed by atoms with Crippen LogP contribution in [0.5, 0.6) is 5.75 Å². The number of aliphatic imine (C=N–C) groups is 1. The van der Waals surface area contributed by atoms with Crippen LogP contribution in [0.3, 0.4) is 0 Å². The van der Waals surface area contributed by atoms with Gasteiger partial charge in [0.15, 0.2) is 5.82 Å². The smallest absolute Gasteiger partial charge is 0.406 e. The van der Waals surface area contributed by atoms with E-state index in [1.165, 1.54) is 24.5 Å². The average molecular weight is 406 g/mol. The first-order valence-corrected chi connectivity index (χ1v) is 9.41. The number of alkyl halides is 3.